The molecule has 76 valence electrons. The van der Waals surface area contributed by atoms with E-state index < -0.39 is 0 Å². The van der Waals surface area contributed by atoms with Crippen molar-refractivity contribution in [3.8, 4) is 0 Å². The molecule has 1 aliphatic heterocycles. The van der Waals surface area contributed by atoms with Crippen LogP contribution in [0.5, 0.6) is 0 Å². The van der Waals surface area contributed by atoms with E-state index in [1.54, 1.807) is 0 Å². The number of rotatable bonds is 2. The van der Waals surface area contributed by atoms with Gasteiger partial charge >= 0.3 is 0 Å². The van der Waals surface area contributed by atoms with E-state index in [4.69, 9.17) is 5.73 Å². The van der Waals surface area contributed by atoms with E-state index in [-0.39, 0.29) is 6.10 Å². The minimum absolute atomic E-state index is 0.231. The van der Waals surface area contributed by atoms with Gasteiger partial charge in [-0.05, 0) is 18.6 Å². The first kappa shape index (κ1) is 9.36. The summed E-state index contributed by atoms with van der Waals surface area (Å²) in [5, 5.41) is 17.4. The number of anilines is 1. The van der Waals surface area contributed by atoms with Crippen LogP contribution in [-0.2, 0) is 6.54 Å². The fourth-order valence-corrected chi connectivity index (χ4v) is 1.58. The van der Waals surface area contributed by atoms with Gasteiger partial charge in [0, 0.05) is 19.6 Å². The van der Waals surface area contributed by atoms with Crippen molar-refractivity contribution in [3.63, 3.8) is 0 Å². The standard InChI is InChI=1S/C9H14N4O/c10-5-7-1-2-9(12-11-7)13-4-3-8(14)6-13/h1-2,8,14H,3-6,10H2. The molecule has 0 saturated carbocycles. The van der Waals surface area contributed by atoms with E-state index in [2.05, 4.69) is 10.2 Å². The van der Waals surface area contributed by atoms with Crippen LogP contribution in [0.1, 0.15) is 12.1 Å². The lowest BCUT2D eigenvalue weighted by molar-refractivity contribution is 0.198. The Labute approximate surface area is 82.6 Å². The molecule has 1 unspecified atom stereocenters. The Balaban J connectivity index is 2.09. The molecule has 5 nitrogen and oxygen atoms in total. The van der Waals surface area contributed by atoms with Crippen molar-refractivity contribution >= 4 is 5.82 Å². The van der Waals surface area contributed by atoms with Crippen molar-refractivity contribution in [2.45, 2.75) is 19.1 Å². The van der Waals surface area contributed by atoms with Crippen molar-refractivity contribution in [2.75, 3.05) is 18.0 Å². The second-order valence-corrected chi connectivity index (χ2v) is 3.48. The van der Waals surface area contributed by atoms with Gasteiger partial charge in [-0.15, -0.1) is 5.10 Å². The van der Waals surface area contributed by atoms with E-state index in [0.29, 0.717) is 13.1 Å². The van der Waals surface area contributed by atoms with Gasteiger partial charge in [0.15, 0.2) is 5.82 Å². The number of hydrogen-bond acceptors (Lipinski definition) is 5. The molecule has 1 aromatic rings. The van der Waals surface area contributed by atoms with Gasteiger partial charge < -0.3 is 15.7 Å². The van der Waals surface area contributed by atoms with Crippen molar-refractivity contribution in [1.82, 2.24) is 10.2 Å². The molecule has 1 fully saturated rings. The van der Waals surface area contributed by atoms with Gasteiger partial charge in [0.05, 0.1) is 11.8 Å². The van der Waals surface area contributed by atoms with Crippen LogP contribution in [0, 0.1) is 0 Å². The second kappa shape index (κ2) is 3.89. The molecule has 1 aliphatic rings. The van der Waals surface area contributed by atoms with E-state index in [1.807, 2.05) is 17.0 Å². The third-order valence-corrected chi connectivity index (χ3v) is 2.40. The Morgan fingerprint density at radius 3 is 2.86 bits per heavy atom. The molecule has 1 aromatic heterocycles. The van der Waals surface area contributed by atoms with Gasteiger partial charge in [-0.2, -0.15) is 5.10 Å². The normalized spacial score (nSPS) is 21.6. The molecule has 3 N–H and O–H groups in total. The number of aromatic nitrogens is 2. The Bertz CT molecular complexity index is 300. The summed E-state index contributed by atoms with van der Waals surface area (Å²) in [7, 11) is 0. The van der Waals surface area contributed by atoms with Crippen LogP contribution in [0.3, 0.4) is 0 Å². The highest BCUT2D eigenvalue weighted by molar-refractivity contribution is 5.38. The third kappa shape index (κ3) is 1.83. The van der Waals surface area contributed by atoms with Gasteiger partial charge in [0.2, 0.25) is 0 Å². The van der Waals surface area contributed by atoms with Crippen LogP contribution in [0.2, 0.25) is 0 Å². The molecule has 1 saturated heterocycles. The summed E-state index contributed by atoms with van der Waals surface area (Å²) in [5.74, 6) is 0.818. The zero-order valence-corrected chi connectivity index (χ0v) is 7.93. The molecular weight excluding hydrogens is 180 g/mol. The molecule has 0 aromatic carbocycles. The van der Waals surface area contributed by atoms with Gasteiger partial charge in [0.1, 0.15) is 0 Å². The number of aliphatic hydroxyl groups excluding tert-OH is 1. The van der Waals surface area contributed by atoms with Crippen molar-refractivity contribution in [2.24, 2.45) is 5.73 Å². The Kier molecular flexibility index (Phi) is 2.60. The average molecular weight is 194 g/mol. The lowest BCUT2D eigenvalue weighted by Crippen LogP contribution is -2.22. The zero-order valence-electron chi connectivity index (χ0n) is 7.93. The van der Waals surface area contributed by atoms with Crippen molar-refractivity contribution in [1.29, 1.82) is 0 Å². The molecule has 5 heteroatoms. The predicted octanol–water partition coefficient (Wildman–Crippen LogP) is -0.494. The Hall–Kier alpha value is -1.20. The van der Waals surface area contributed by atoms with E-state index in [1.165, 1.54) is 0 Å². The summed E-state index contributed by atoms with van der Waals surface area (Å²) in [6, 6.07) is 3.76. The van der Waals surface area contributed by atoms with Gasteiger partial charge in [0.25, 0.3) is 0 Å². The van der Waals surface area contributed by atoms with Gasteiger partial charge in [-0.1, -0.05) is 0 Å². The minimum Gasteiger partial charge on any atom is -0.391 e. The molecule has 0 bridgehead atoms. The molecule has 2 heterocycles. The molecule has 14 heavy (non-hydrogen) atoms. The monoisotopic (exact) mass is 194 g/mol. The quantitative estimate of drug-likeness (QED) is 0.664. The third-order valence-electron chi connectivity index (χ3n) is 2.40. The fourth-order valence-electron chi connectivity index (χ4n) is 1.58. The van der Waals surface area contributed by atoms with E-state index >= 15 is 0 Å². The molecule has 0 radical (unpaired) electrons. The minimum atomic E-state index is -0.231. The topological polar surface area (TPSA) is 75.3 Å². The smallest absolute Gasteiger partial charge is 0.151 e. The van der Waals surface area contributed by atoms with E-state index in [0.717, 1.165) is 24.5 Å². The maximum atomic E-state index is 9.35. The number of nitrogens with zero attached hydrogens (tertiary/aromatic N) is 3. The Morgan fingerprint density at radius 1 is 1.50 bits per heavy atom. The highest BCUT2D eigenvalue weighted by Gasteiger charge is 2.21. The maximum Gasteiger partial charge on any atom is 0.151 e. The molecule has 0 spiro atoms. The first-order chi connectivity index (χ1) is 6.79. The summed E-state index contributed by atoms with van der Waals surface area (Å²) in [4.78, 5) is 2.03. The fraction of sp³-hybridized carbons (Fsp3) is 0.556. The second-order valence-electron chi connectivity index (χ2n) is 3.48. The average Bonchev–Trinajstić information content (AvgIpc) is 2.65. The molecule has 1 atom stereocenters. The SMILES string of the molecule is NCc1ccc(N2CCC(O)C2)nn1. The van der Waals surface area contributed by atoms with Gasteiger partial charge in [-0.25, -0.2) is 0 Å². The summed E-state index contributed by atoms with van der Waals surface area (Å²) in [6.45, 7) is 1.91. The number of nitrogens with two attached hydrogens (primary N) is 1. The summed E-state index contributed by atoms with van der Waals surface area (Å²) >= 11 is 0. The summed E-state index contributed by atoms with van der Waals surface area (Å²) < 4.78 is 0. The van der Waals surface area contributed by atoms with Crippen LogP contribution in [0.15, 0.2) is 12.1 Å². The largest absolute Gasteiger partial charge is 0.391 e. The molecule has 2 rings (SSSR count). The molecular formula is C9H14N4O. The lowest BCUT2D eigenvalue weighted by atomic mass is 10.3. The highest BCUT2D eigenvalue weighted by atomic mass is 16.3. The number of hydrogen-bond donors (Lipinski definition) is 2. The van der Waals surface area contributed by atoms with Crippen LogP contribution in [-0.4, -0.2) is 34.5 Å². The predicted molar refractivity (Wildman–Crippen MR) is 52.8 cm³/mol. The van der Waals surface area contributed by atoms with Gasteiger partial charge in [-0.3, -0.25) is 0 Å². The van der Waals surface area contributed by atoms with Crippen LogP contribution >= 0.6 is 0 Å². The summed E-state index contributed by atoms with van der Waals surface area (Å²) in [6.07, 6.45) is 0.575. The lowest BCUT2D eigenvalue weighted by Gasteiger charge is -2.15. The van der Waals surface area contributed by atoms with Crippen LogP contribution in [0.4, 0.5) is 5.82 Å². The number of β-amino-alcohol motifs (C(OH)–C–C–N with tert-alkyl or cyclic N) is 1. The highest BCUT2D eigenvalue weighted by Crippen LogP contribution is 2.16. The van der Waals surface area contributed by atoms with Crippen LogP contribution in [0.25, 0.3) is 0 Å². The Morgan fingerprint density at radius 2 is 2.36 bits per heavy atom. The summed E-state index contributed by atoms with van der Waals surface area (Å²) in [5.41, 5.74) is 6.20. The number of aliphatic hydroxyl groups is 1. The van der Waals surface area contributed by atoms with E-state index in [9.17, 15) is 5.11 Å². The van der Waals surface area contributed by atoms with Crippen molar-refractivity contribution < 1.29 is 5.11 Å². The zero-order chi connectivity index (χ0) is 9.97. The van der Waals surface area contributed by atoms with Crippen molar-refractivity contribution in [3.05, 3.63) is 17.8 Å². The molecule has 0 aliphatic carbocycles. The first-order valence-corrected chi connectivity index (χ1v) is 4.75. The van der Waals surface area contributed by atoms with Crippen LogP contribution < -0.4 is 10.6 Å². The molecule has 0 amide bonds. The maximum absolute atomic E-state index is 9.35. The first-order valence-electron chi connectivity index (χ1n) is 4.75.